The van der Waals surface area contributed by atoms with Crippen LogP contribution in [-0.2, 0) is 0 Å². The number of hydrogen-bond donors (Lipinski definition) is 0. The molecule has 1 aliphatic heterocycles. The molecule has 0 aromatic carbocycles. The van der Waals surface area contributed by atoms with Crippen LogP contribution in [0.15, 0.2) is 12.7 Å². The maximum atomic E-state index is 4.23. The Morgan fingerprint density at radius 1 is 1.60 bits per heavy atom. The van der Waals surface area contributed by atoms with Gasteiger partial charge >= 0.3 is 31.1 Å². The predicted octanol–water partition coefficient (Wildman–Crippen LogP) is 3.34. The molecule has 0 amide bonds. The molecule has 2 atom stereocenters. The third-order valence-electron chi connectivity index (χ3n) is 2.97. The van der Waals surface area contributed by atoms with Gasteiger partial charge in [-0.2, -0.15) is 13.8 Å². The number of likely N-dealkylation sites (tertiary alicyclic amines) is 1. The van der Waals surface area contributed by atoms with Gasteiger partial charge in [-0.05, 0) is 13.0 Å². The van der Waals surface area contributed by atoms with Gasteiger partial charge in [0, 0.05) is 6.54 Å². The summed E-state index contributed by atoms with van der Waals surface area (Å²) in [6, 6.07) is 0. The third-order valence-corrected chi connectivity index (χ3v) is 2.97. The van der Waals surface area contributed by atoms with E-state index in [-0.39, 0.29) is 36.7 Å². The van der Waals surface area contributed by atoms with E-state index in [1.807, 2.05) is 26.3 Å². The Morgan fingerprint density at radius 3 is 2.33 bits per heavy atom. The van der Waals surface area contributed by atoms with Gasteiger partial charge in [0.05, 0.1) is 0 Å². The van der Waals surface area contributed by atoms with E-state index in [2.05, 4.69) is 32.3 Å². The predicted molar refractivity (Wildman–Crippen MR) is 65.0 cm³/mol. The van der Waals surface area contributed by atoms with E-state index in [4.69, 9.17) is 0 Å². The summed E-state index contributed by atoms with van der Waals surface area (Å²) in [7, 11) is 0. The maximum Gasteiger partial charge on any atom is 2.00 e. The molecule has 1 saturated heterocycles. The van der Waals surface area contributed by atoms with E-state index in [0.29, 0.717) is 5.92 Å². The summed E-state index contributed by atoms with van der Waals surface area (Å²) in [6.45, 7) is 18.6. The van der Waals surface area contributed by atoms with E-state index in [9.17, 15) is 0 Å². The molecule has 0 bridgehead atoms. The maximum absolute atomic E-state index is 4.23. The van der Waals surface area contributed by atoms with Crippen LogP contribution in [0.25, 0.3) is 0 Å². The molecule has 86 valence electrons. The summed E-state index contributed by atoms with van der Waals surface area (Å²) in [6.07, 6.45) is 5.23. The fourth-order valence-corrected chi connectivity index (χ4v) is 1.68. The van der Waals surface area contributed by atoms with Gasteiger partial charge in [0.15, 0.2) is 0 Å². The van der Waals surface area contributed by atoms with Crippen LogP contribution in [0.1, 0.15) is 34.1 Å². The molecule has 1 fully saturated rings. The summed E-state index contributed by atoms with van der Waals surface area (Å²) in [5.41, 5.74) is 0.133. The number of nitrogens with zero attached hydrogens (tertiary/aromatic N) is 1. The van der Waals surface area contributed by atoms with Crippen molar-refractivity contribution >= 4 is 0 Å². The Morgan fingerprint density at radius 2 is 2.07 bits per heavy atom. The molecule has 0 spiro atoms. The van der Waals surface area contributed by atoms with E-state index >= 15 is 0 Å². The Balaban J connectivity index is 0. The van der Waals surface area contributed by atoms with Gasteiger partial charge in [0.2, 0.25) is 0 Å². The summed E-state index contributed by atoms with van der Waals surface area (Å²) >= 11 is 0. The van der Waals surface area contributed by atoms with Crippen molar-refractivity contribution < 1.29 is 31.1 Å². The molecule has 1 rings (SSSR count). The van der Waals surface area contributed by atoms with Crippen LogP contribution in [0.3, 0.4) is 0 Å². The van der Waals surface area contributed by atoms with Crippen LogP contribution >= 0.6 is 0 Å². The van der Waals surface area contributed by atoms with E-state index in [0.717, 1.165) is 6.54 Å². The molecule has 1 aliphatic rings. The van der Waals surface area contributed by atoms with Crippen molar-refractivity contribution in [1.82, 2.24) is 4.90 Å². The molecular formula is C13H25NU. The minimum Gasteiger partial charge on any atom is -0.335 e. The zero-order valence-electron chi connectivity index (χ0n) is 10.7. The molecule has 2 unspecified atom stereocenters. The summed E-state index contributed by atoms with van der Waals surface area (Å²) in [5.74, 6) is 0.711. The molecule has 0 aromatic rings. The smallest absolute Gasteiger partial charge is 0.335 e. The third kappa shape index (κ3) is 5.57. The first-order valence-electron chi connectivity index (χ1n) is 5.46. The summed E-state index contributed by atoms with van der Waals surface area (Å²) in [4.78, 5) is 2.39. The van der Waals surface area contributed by atoms with Gasteiger partial charge in [-0.3, -0.25) is 0 Å². The second-order valence-electron chi connectivity index (χ2n) is 4.36. The van der Waals surface area contributed by atoms with Crippen LogP contribution < -0.4 is 0 Å². The van der Waals surface area contributed by atoms with Crippen molar-refractivity contribution in [2.24, 2.45) is 5.92 Å². The molecule has 1 heterocycles. The molecule has 15 heavy (non-hydrogen) atoms. The van der Waals surface area contributed by atoms with E-state index < -0.39 is 0 Å². The van der Waals surface area contributed by atoms with E-state index in [1.54, 1.807) is 0 Å². The standard InChI is InChI=1S/C10H18N.C3H7.U/c1-5-7-11-8-6-9(2)10(11,3)4;1-3-2;/h5,9H,1,3,6-8H2,2,4H3;3H,1-2H3;/q2*-1;+2. The summed E-state index contributed by atoms with van der Waals surface area (Å²) < 4.78 is 0. The first-order chi connectivity index (χ1) is 6.50. The molecule has 0 aliphatic carbocycles. The van der Waals surface area contributed by atoms with Gasteiger partial charge in [0.25, 0.3) is 0 Å². The largest absolute Gasteiger partial charge is 2.00 e. The molecule has 0 radical (unpaired) electrons. The Bertz CT molecular complexity index is 166. The second-order valence-corrected chi connectivity index (χ2v) is 4.36. The minimum absolute atomic E-state index is 0. The topological polar surface area (TPSA) is 3.24 Å². The first-order valence-corrected chi connectivity index (χ1v) is 5.46. The van der Waals surface area contributed by atoms with Gasteiger partial charge in [0.1, 0.15) is 0 Å². The molecular weight excluding hydrogens is 408 g/mol. The molecule has 0 aromatic heterocycles. The fraction of sp³-hybridized carbons (Fsp3) is 0.692. The first kappa shape index (κ1) is 18.1. The van der Waals surface area contributed by atoms with Crippen molar-refractivity contribution in [3.05, 3.63) is 26.0 Å². The fourth-order valence-electron chi connectivity index (χ4n) is 1.68. The Kier molecular flexibility index (Phi) is 10.7. The molecule has 0 saturated carbocycles. The van der Waals surface area contributed by atoms with Gasteiger partial charge in [-0.25, -0.2) is 0 Å². The van der Waals surface area contributed by atoms with Crippen LogP contribution in [-0.4, -0.2) is 23.5 Å². The monoisotopic (exact) mass is 433 g/mol. The second kappa shape index (κ2) is 8.85. The average molecular weight is 433 g/mol. The Labute approximate surface area is 120 Å². The van der Waals surface area contributed by atoms with Crippen molar-refractivity contribution in [3.63, 3.8) is 0 Å². The Hall–Kier alpha value is 0.752. The van der Waals surface area contributed by atoms with Crippen LogP contribution in [0.5, 0.6) is 0 Å². The number of hydrogen-bond acceptors (Lipinski definition) is 1. The quantitative estimate of drug-likeness (QED) is 0.477. The molecule has 1 nitrogen and oxygen atoms in total. The normalized spacial score (nSPS) is 30.1. The van der Waals surface area contributed by atoms with Gasteiger partial charge in [-0.1, -0.05) is 25.8 Å². The SMILES string of the molecule is C=CCN1CCC(C)C1([CH2-])C.C[CH-]C.[U+2]. The van der Waals surface area contributed by atoms with Crippen molar-refractivity contribution in [2.45, 2.75) is 39.7 Å². The summed E-state index contributed by atoms with van der Waals surface area (Å²) in [5, 5.41) is 0. The van der Waals surface area contributed by atoms with Gasteiger partial charge in [-0.15, -0.1) is 12.1 Å². The van der Waals surface area contributed by atoms with E-state index in [1.165, 1.54) is 13.0 Å². The van der Waals surface area contributed by atoms with Crippen molar-refractivity contribution in [1.29, 1.82) is 0 Å². The van der Waals surface area contributed by atoms with Crippen LogP contribution in [0.4, 0.5) is 0 Å². The number of rotatable bonds is 2. The average Bonchev–Trinajstić information content (AvgIpc) is 2.34. The zero-order chi connectivity index (χ0) is 11.2. The molecule has 2 heteroatoms. The van der Waals surface area contributed by atoms with Crippen molar-refractivity contribution in [3.8, 4) is 0 Å². The van der Waals surface area contributed by atoms with Crippen LogP contribution in [0, 0.1) is 50.4 Å². The van der Waals surface area contributed by atoms with Crippen LogP contribution in [0.2, 0.25) is 0 Å². The minimum atomic E-state index is 0. The molecule has 0 N–H and O–H groups in total. The van der Waals surface area contributed by atoms with Crippen molar-refractivity contribution in [2.75, 3.05) is 13.1 Å². The van der Waals surface area contributed by atoms with Gasteiger partial charge < -0.3 is 18.2 Å². The zero-order valence-corrected chi connectivity index (χ0v) is 14.9.